The van der Waals surface area contributed by atoms with Crippen molar-refractivity contribution < 1.29 is 14.0 Å². The van der Waals surface area contributed by atoms with E-state index < -0.39 is 11.7 Å². The van der Waals surface area contributed by atoms with Gasteiger partial charge in [0.15, 0.2) is 11.6 Å². The van der Waals surface area contributed by atoms with Gasteiger partial charge in [0.2, 0.25) is 5.91 Å². The third kappa shape index (κ3) is 3.41. The first-order valence-electron chi connectivity index (χ1n) is 10.2. The lowest BCUT2D eigenvalue weighted by Gasteiger charge is -2.30. The number of fused-ring (bicyclic) bond motifs is 3. The number of rotatable bonds is 5. The van der Waals surface area contributed by atoms with Gasteiger partial charge in [-0.15, -0.1) is 0 Å². The van der Waals surface area contributed by atoms with Crippen LogP contribution in [0.2, 0.25) is 0 Å². The molecular weight excluding hydrogens is 415 g/mol. The van der Waals surface area contributed by atoms with E-state index in [4.69, 9.17) is 5.73 Å². The molecule has 3 aromatic rings. The van der Waals surface area contributed by atoms with Crippen LogP contribution in [0.4, 0.5) is 27.3 Å². The van der Waals surface area contributed by atoms with Crippen molar-refractivity contribution in [3.8, 4) is 5.69 Å². The second-order valence-corrected chi connectivity index (χ2v) is 8.00. The Balaban J connectivity index is 1.57. The van der Waals surface area contributed by atoms with E-state index in [2.05, 4.69) is 25.7 Å². The Morgan fingerprint density at radius 2 is 2.00 bits per heavy atom. The predicted octanol–water partition coefficient (Wildman–Crippen LogP) is 2.25. The number of nitrogens with one attached hydrogen (secondary N) is 2. The van der Waals surface area contributed by atoms with Gasteiger partial charge in [-0.25, -0.2) is 19.0 Å². The minimum absolute atomic E-state index is 0.00197. The van der Waals surface area contributed by atoms with Crippen molar-refractivity contribution in [2.75, 3.05) is 22.6 Å². The molecule has 5 rings (SSSR count). The summed E-state index contributed by atoms with van der Waals surface area (Å²) in [6.07, 6.45) is 3.02. The first-order chi connectivity index (χ1) is 15.3. The number of primary amides is 1. The summed E-state index contributed by atoms with van der Waals surface area (Å²) < 4.78 is 16.4. The van der Waals surface area contributed by atoms with Gasteiger partial charge in [0, 0.05) is 25.2 Å². The molecule has 0 spiro atoms. The number of pyridine rings is 1. The number of carbonyl (C=O) groups is 2. The SMILES string of the molecule is Cc1nc2n(n1)-c1c(F)ccc(Nc3cc(NC(=O)C4CC4)ncc3C(N)=O)c1N(C)C2. The number of hydrogen-bond acceptors (Lipinski definition) is 7. The lowest BCUT2D eigenvalue weighted by atomic mass is 10.1. The number of anilines is 4. The van der Waals surface area contributed by atoms with Crippen molar-refractivity contribution in [1.82, 2.24) is 19.7 Å². The maximum absolute atomic E-state index is 14.9. The van der Waals surface area contributed by atoms with Crippen LogP contribution in [0.15, 0.2) is 24.4 Å². The molecule has 10 nitrogen and oxygen atoms in total. The molecule has 0 bridgehead atoms. The van der Waals surface area contributed by atoms with E-state index in [9.17, 15) is 14.0 Å². The molecule has 2 amide bonds. The highest BCUT2D eigenvalue weighted by Gasteiger charge is 2.31. The zero-order chi connectivity index (χ0) is 22.6. The highest BCUT2D eigenvalue weighted by Crippen LogP contribution is 2.40. The molecule has 164 valence electrons. The second-order valence-electron chi connectivity index (χ2n) is 8.00. The quantitative estimate of drug-likeness (QED) is 0.559. The highest BCUT2D eigenvalue weighted by atomic mass is 19.1. The Labute approximate surface area is 182 Å². The van der Waals surface area contributed by atoms with Crippen LogP contribution in [-0.2, 0) is 11.3 Å². The molecule has 0 saturated heterocycles. The van der Waals surface area contributed by atoms with Gasteiger partial charge in [-0.05, 0) is 31.9 Å². The lowest BCUT2D eigenvalue weighted by Crippen LogP contribution is -2.28. The number of hydrogen-bond donors (Lipinski definition) is 3. The Kier molecular flexibility index (Phi) is 4.54. The molecular formula is C21H21FN8O2. The molecule has 11 heteroatoms. The van der Waals surface area contributed by atoms with Crippen LogP contribution in [0.5, 0.6) is 0 Å². The van der Waals surface area contributed by atoms with E-state index >= 15 is 0 Å². The van der Waals surface area contributed by atoms with Crippen LogP contribution in [0.25, 0.3) is 5.69 Å². The monoisotopic (exact) mass is 436 g/mol. The van der Waals surface area contributed by atoms with Crippen LogP contribution in [0.1, 0.15) is 34.8 Å². The summed E-state index contributed by atoms with van der Waals surface area (Å²) in [5, 5.41) is 10.3. The molecule has 0 radical (unpaired) electrons. The van der Waals surface area contributed by atoms with Gasteiger partial charge in [-0.3, -0.25) is 9.59 Å². The second kappa shape index (κ2) is 7.29. The first-order valence-corrected chi connectivity index (χ1v) is 10.2. The standard InChI is InChI=1S/C21H21FN8O2/c1-10-25-17-9-29(2)19-14(6-5-13(22)18(19)30(17)28-10)26-15-7-16(24-8-12(15)20(23)31)27-21(32)11-3-4-11/h5-8,11H,3-4,9H2,1-2H3,(H2,23,31)(H2,24,26,27,32). The third-order valence-electron chi connectivity index (χ3n) is 5.49. The van der Waals surface area contributed by atoms with Gasteiger partial charge >= 0.3 is 0 Å². The first kappa shape index (κ1) is 19.9. The zero-order valence-electron chi connectivity index (χ0n) is 17.5. The Bertz CT molecular complexity index is 1270. The maximum Gasteiger partial charge on any atom is 0.252 e. The zero-order valence-corrected chi connectivity index (χ0v) is 17.5. The van der Waals surface area contributed by atoms with Crippen LogP contribution in [0, 0.1) is 18.7 Å². The van der Waals surface area contributed by atoms with E-state index in [1.165, 1.54) is 16.9 Å². The summed E-state index contributed by atoms with van der Waals surface area (Å²) in [6, 6.07) is 4.44. The number of amides is 2. The van der Waals surface area contributed by atoms with Gasteiger partial charge in [-0.1, -0.05) is 0 Å². The van der Waals surface area contributed by atoms with E-state index in [0.29, 0.717) is 41.1 Å². The van der Waals surface area contributed by atoms with Crippen molar-refractivity contribution in [3.63, 3.8) is 0 Å². The van der Waals surface area contributed by atoms with Crippen molar-refractivity contribution in [1.29, 1.82) is 0 Å². The van der Waals surface area contributed by atoms with Gasteiger partial charge in [0.05, 0.1) is 29.2 Å². The molecule has 2 aliphatic rings. The normalized spacial score (nSPS) is 14.5. The number of halogens is 1. The summed E-state index contributed by atoms with van der Waals surface area (Å²) in [5.74, 6) is 0.225. The molecule has 1 saturated carbocycles. The Morgan fingerprint density at radius 1 is 1.22 bits per heavy atom. The third-order valence-corrected chi connectivity index (χ3v) is 5.49. The van der Waals surface area contributed by atoms with Gasteiger partial charge in [0.25, 0.3) is 5.91 Å². The van der Waals surface area contributed by atoms with Crippen molar-refractivity contribution in [3.05, 3.63) is 47.4 Å². The smallest absolute Gasteiger partial charge is 0.252 e. The molecule has 1 aliphatic carbocycles. The molecule has 2 aromatic heterocycles. The van der Waals surface area contributed by atoms with Crippen LogP contribution < -0.4 is 21.3 Å². The summed E-state index contributed by atoms with van der Waals surface area (Å²) in [6.45, 7) is 2.17. The fourth-order valence-corrected chi connectivity index (χ4v) is 3.82. The molecule has 3 heterocycles. The largest absolute Gasteiger partial charge is 0.365 e. The number of benzene rings is 1. The molecule has 0 unspecified atom stereocenters. The average molecular weight is 436 g/mol. The summed E-state index contributed by atoms with van der Waals surface area (Å²) in [7, 11) is 1.82. The molecule has 1 aromatic carbocycles. The summed E-state index contributed by atoms with van der Waals surface area (Å²) >= 11 is 0. The molecule has 4 N–H and O–H groups in total. The number of nitrogens with zero attached hydrogens (tertiary/aromatic N) is 5. The maximum atomic E-state index is 14.9. The van der Waals surface area contributed by atoms with E-state index in [1.807, 2.05) is 11.9 Å². The van der Waals surface area contributed by atoms with Gasteiger partial charge in [-0.2, -0.15) is 5.10 Å². The van der Waals surface area contributed by atoms with Gasteiger partial charge in [0.1, 0.15) is 17.3 Å². The minimum Gasteiger partial charge on any atom is -0.365 e. The van der Waals surface area contributed by atoms with Crippen molar-refractivity contribution in [2.24, 2.45) is 11.7 Å². The van der Waals surface area contributed by atoms with E-state index in [-0.39, 0.29) is 23.1 Å². The molecule has 32 heavy (non-hydrogen) atoms. The van der Waals surface area contributed by atoms with Crippen LogP contribution >= 0.6 is 0 Å². The Morgan fingerprint density at radius 3 is 2.72 bits per heavy atom. The average Bonchev–Trinajstić information content (AvgIpc) is 3.52. The molecule has 1 aliphatic heterocycles. The number of carbonyl (C=O) groups excluding carboxylic acids is 2. The Hall–Kier alpha value is -4.02. The van der Waals surface area contributed by atoms with Crippen LogP contribution in [-0.4, -0.2) is 38.6 Å². The minimum atomic E-state index is -0.682. The fraction of sp³-hybridized carbons (Fsp3) is 0.286. The number of nitrogens with two attached hydrogens (primary N) is 1. The topological polar surface area (TPSA) is 131 Å². The summed E-state index contributed by atoms with van der Waals surface area (Å²) in [4.78, 5) is 34.5. The number of aromatic nitrogens is 4. The van der Waals surface area contributed by atoms with E-state index in [0.717, 1.165) is 12.8 Å². The summed E-state index contributed by atoms with van der Waals surface area (Å²) in [5.41, 5.74) is 7.38. The highest BCUT2D eigenvalue weighted by molar-refractivity contribution is 6.01. The van der Waals surface area contributed by atoms with Crippen molar-refractivity contribution >= 4 is 34.7 Å². The lowest BCUT2D eigenvalue weighted by molar-refractivity contribution is -0.117. The van der Waals surface area contributed by atoms with Gasteiger partial charge < -0.3 is 21.3 Å². The molecule has 1 fully saturated rings. The van der Waals surface area contributed by atoms with E-state index in [1.54, 1.807) is 19.1 Å². The number of aryl methyl sites for hydroxylation is 1. The molecule has 0 atom stereocenters. The van der Waals surface area contributed by atoms with Crippen molar-refractivity contribution in [2.45, 2.75) is 26.3 Å². The fourth-order valence-electron chi connectivity index (χ4n) is 3.82. The predicted molar refractivity (Wildman–Crippen MR) is 116 cm³/mol. The van der Waals surface area contributed by atoms with Crippen LogP contribution in [0.3, 0.4) is 0 Å².